The number of esters is 1. The second-order valence-electron chi connectivity index (χ2n) is 5.01. The first-order chi connectivity index (χ1) is 8.86. The van der Waals surface area contributed by atoms with Gasteiger partial charge in [0.2, 0.25) is 0 Å². The van der Waals surface area contributed by atoms with Crippen molar-refractivity contribution in [2.45, 2.75) is 20.8 Å². The number of nitrogens with zero attached hydrogens (tertiary/aromatic N) is 1. The SMILES string of the molecule is COC(=O)/C(=N/NC(=O)c1ccccc1)C(C)(C)C. The van der Waals surface area contributed by atoms with Crippen LogP contribution in [-0.2, 0) is 9.53 Å². The Balaban J connectivity index is 2.88. The molecule has 0 atom stereocenters. The summed E-state index contributed by atoms with van der Waals surface area (Å²) in [5.74, 6) is -0.924. The highest BCUT2D eigenvalue weighted by molar-refractivity contribution is 6.38. The third kappa shape index (κ3) is 4.21. The van der Waals surface area contributed by atoms with Gasteiger partial charge in [0.25, 0.3) is 5.91 Å². The monoisotopic (exact) mass is 262 g/mol. The third-order valence-corrected chi connectivity index (χ3v) is 2.39. The molecule has 0 fully saturated rings. The van der Waals surface area contributed by atoms with Crippen molar-refractivity contribution in [2.24, 2.45) is 10.5 Å². The maximum absolute atomic E-state index is 11.8. The number of carbonyl (C=O) groups excluding carboxylic acids is 2. The molecule has 0 bridgehead atoms. The zero-order valence-corrected chi connectivity index (χ0v) is 11.6. The standard InChI is InChI=1S/C14H18N2O3/c1-14(2,3)11(13(18)19-4)15-16-12(17)10-8-6-5-7-9-10/h5-9H,1-4H3,(H,16,17)/b15-11-. The third-order valence-electron chi connectivity index (χ3n) is 2.39. The summed E-state index contributed by atoms with van der Waals surface area (Å²) >= 11 is 0. The number of hydrogen-bond donors (Lipinski definition) is 1. The molecule has 5 nitrogen and oxygen atoms in total. The van der Waals surface area contributed by atoms with Crippen molar-refractivity contribution in [1.29, 1.82) is 0 Å². The summed E-state index contributed by atoms with van der Waals surface area (Å²) in [5, 5.41) is 3.88. The zero-order chi connectivity index (χ0) is 14.5. The number of hydrazone groups is 1. The predicted molar refractivity (Wildman–Crippen MR) is 72.8 cm³/mol. The normalized spacial score (nSPS) is 11.9. The zero-order valence-electron chi connectivity index (χ0n) is 11.6. The quantitative estimate of drug-likeness (QED) is 0.514. The van der Waals surface area contributed by atoms with Gasteiger partial charge >= 0.3 is 5.97 Å². The second kappa shape index (κ2) is 6.13. The maximum atomic E-state index is 11.8. The lowest BCUT2D eigenvalue weighted by Crippen LogP contribution is -2.33. The van der Waals surface area contributed by atoms with Crippen molar-refractivity contribution in [2.75, 3.05) is 7.11 Å². The fraction of sp³-hybridized carbons (Fsp3) is 0.357. The van der Waals surface area contributed by atoms with Crippen molar-refractivity contribution in [1.82, 2.24) is 5.43 Å². The summed E-state index contributed by atoms with van der Waals surface area (Å²) in [5.41, 5.74) is 2.49. The summed E-state index contributed by atoms with van der Waals surface area (Å²) < 4.78 is 4.66. The molecule has 0 aromatic heterocycles. The highest BCUT2D eigenvalue weighted by Gasteiger charge is 2.27. The van der Waals surface area contributed by atoms with E-state index in [0.717, 1.165) is 0 Å². The van der Waals surface area contributed by atoms with Crippen LogP contribution in [0.2, 0.25) is 0 Å². The molecular formula is C14H18N2O3. The van der Waals surface area contributed by atoms with Gasteiger partial charge < -0.3 is 4.74 Å². The number of benzene rings is 1. The lowest BCUT2D eigenvalue weighted by molar-refractivity contribution is -0.133. The molecule has 0 aliphatic heterocycles. The van der Waals surface area contributed by atoms with E-state index >= 15 is 0 Å². The fourth-order valence-corrected chi connectivity index (χ4v) is 1.38. The molecule has 0 spiro atoms. The molecule has 0 saturated heterocycles. The van der Waals surface area contributed by atoms with Crippen molar-refractivity contribution in [3.63, 3.8) is 0 Å². The Labute approximate surface area is 112 Å². The molecule has 1 amide bonds. The maximum Gasteiger partial charge on any atom is 0.354 e. The van der Waals surface area contributed by atoms with E-state index in [4.69, 9.17) is 0 Å². The van der Waals surface area contributed by atoms with Crippen molar-refractivity contribution in [3.05, 3.63) is 35.9 Å². The van der Waals surface area contributed by atoms with E-state index in [1.165, 1.54) is 7.11 Å². The van der Waals surface area contributed by atoms with E-state index in [0.29, 0.717) is 5.56 Å². The van der Waals surface area contributed by atoms with Crippen molar-refractivity contribution < 1.29 is 14.3 Å². The summed E-state index contributed by atoms with van der Waals surface area (Å²) in [7, 11) is 1.28. The second-order valence-corrected chi connectivity index (χ2v) is 5.01. The Morgan fingerprint density at radius 2 is 1.74 bits per heavy atom. The van der Waals surface area contributed by atoms with Gasteiger partial charge in [-0.05, 0) is 12.1 Å². The summed E-state index contributed by atoms with van der Waals surface area (Å²) in [6.07, 6.45) is 0. The van der Waals surface area contributed by atoms with Gasteiger partial charge in [0, 0.05) is 11.0 Å². The molecule has 0 saturated carbocycles. The topological polar surface area (TPSA) is 67.8 Å². The Morgan fingerprint density at radius 3 is 2.21 bits per heavy atom. The van der Waals surface area contributed by atoms with E-state index < -0.39 is 11.4 Å². The predicted octanol–water partition coefficient (Wildman–Crippen LogP) is 1.99. The van der Waals surface area contributed by atoms with Crippen LogP contribution in [0, 0.1) is 5.41 Å². The Hall–Kier alpha value is -2.17. The van der Waals surface area contributed by atoms with Crippen molar-refractivity contribution >= 4 is 17.6 Å². The first-order valence-corrected chi connectivity index (χ1v) is 5.88. The summed E-state index contributed by atoms with van der Waals surface area (Å²) in [6.45, 7) is 5.45. The van der Waals surface area contributed by atoms with E-state index in [2.05, 4.69) is 15.3 Å². The lowest BCUT2D eigenvalue weighted by Gasteiger charge is -2.18. The summed E-state index contributed by atoms with van der Waals surface area (Å²) in [6, 6.07) is 8.65. The molecule has 0 aliphatic carbocycles. The van der Waals surface area contributed by atoms with Crippen LogP contribution in [0.4, 0.5) is 0 Å². The molecular weight excluding hydrogens is 244 g/mol. The number of carbonyl (C=O) groups is 2. The van der Waals surface area contributed by atoms with E-state index in [1.54, 1.807) is 24.3 Å². The Kier molecular flexibility index (Phi) is 4.80. The molecule has 0 unspecified atom stereocenters. The van der Waals surface area contributed by atoms with Crippen LogP contribution in [0.15, 0.2) is 35.4 Å². The first-order valence-electron chi connectivity index (χ1n) is 5.88. The Morgan fingerprint density at radius 1 is 1.16 bits per heavy atom. The molecule has 19 heavy (non-hydrogen) atoms. The molecule has 102 valence electrons. The highest BCUT2D eigenvalue weighted by atomic mass is 16.5. The van der Waals surface area contributed by atoms with Crippen LogP contribution < -0.4 is 5.43 Å². The minimum atomic E-state index is -0.555. The van der Waals surface area contributed by atoms with Gasteiger partial charge in [-0.2, -0.15) is 5.10 Å². The smallest absolute Gasteiger partial charge is 0.354 e. The number of amides is 1. The molecule has 1 N–H and O–H groups in total. The van der Waals surface area contributed by atoms with E-state index in [1.807, 2.05) is 26.8 Å². The number of ether oxygens (including phenoxy) is 1. The number of rotatable bonds is 3. The fourth-order valence-electron chi connectivity index (χ4n) is 1.38. The molecule has 0 aliphatic rings. The van der Waals surface area contributed by atoms with Crippen molar-refractivity contribution in [3.8, 4) is 0 Å². The molecule has 5 heteroatoms. The van der Waals surface area contributed by atoms with Gasteiger partial charge in [0.1, 0.15) is 0 Å². The lowest BCUT2D eigenvalue weighted by atomic mass is 9.90. The first kappa shape index (κ1) is 14.9. The average Bonchev–Trinajstić information content (AvgIpc) is 2.37. The van der Waals surface area contributed by atoms with Crippen LogP contribution >= 0.6 is 0 Å². The molecule has 1 aromatic rings. The van der Waals surface area contributed by atoms with Crippen LogP contribution in [0.3, 0.4) is 0 Å². The minimum absolute atomic E-state index is 0.166. The largest absolute Gasteiger partial charge is 0.464 e. The Bertz CT molecular complexity index is 487. The summed E-state index contributed by atoms with van der Waals surface area (Å²) in [4.78, 5) is 23.4. The van der Waals surface area contributed by atoms with Gasteiger partial charge in [-0.1, -0.05) is 39.0 Å². The van der Waals surface area contributed by atoms with E-state index in [9.17, 15) is 9.59 Å². The number of methoxy groups -OCH3 is 1. The van der Waals surface area contributed by atoms with Gasteiger partial charge in [-0.3, -0.25) is 4.79 Å². The van der Waals surface area contributed by atoms with E-state index in [-0.39, 0.29) is 11.6 Å². The van der Waals surface area contributed by atoms with Gasteiger partial charge in [-0.15, -0.1) is 0 Å². The van der Waals surface area contributed by atoms with Crippen LogP contribution in [0.5, 0.6) is 0 Å². The molecule has 0 radical (unpaired) electrons. The van der Waals surface area contributed by atoms with Gasteiger partial charge in [-0.25, -0.2) is 10.2 Å². The van der Waals surface area contributed by atoms with Crippen LogP contribution in [-0.4, -0.2) is 24.7 Å². The van der Waals surface area contributed by atoms with Gasteiger partial charge in [0.05, 0.1) is 7.11 Å². The molecule has 1 rings (SSSR count). The minimum Gasteiger partial charge on any atom is -0.464 e. The highest BCUT2D eigenvalue weighted by Crippen LogP contribution is 2.16. The number of hydrogen-bond acceptors (Lipinski definition) is 4. The van der Waals surface area contributed by atoms with Crippen LogP contribution in [0.25, 0.3) is 0 Å². The van der Waals surface area contributed by atoms with Gasteiger partial charge in [0.15, 0.2) is 5.71 Å². The molecule has 1 aromatic carbocycles. The average molecular weight is 262 g/mol. The molecule has 0 heterocycles. The van der Waals surface area contributed by atoms with Crippen LogP contribution in [0.1, 0.15) is 31.1 Å². The number of nitrogens with one attached hydrogen (secondary N) is 1.